The minimum Gasteiger partial charge on any atom is -0.304 e. The van der Waals surface area contributed by atoms with E-state index in [1.54, 1.807) is 17.7 Å². The zero-order valence-corrected chi connectivity index (χ0v) is 16.4. The van der Waals surface area contributed by atoms with Crippen LogP contribution < -0.4 is 5.43 Å². The lowest BCUT2D eigenvalue weighted by atomic mass is 9.99. The molecule has 1 N–H and O–H groups in total. The van der Waals surface area contributed by atoms with E-state index in [1.807, 2.05) is 0 Å². The van der Waals surface area contributed by atoms with Gasteiger partial charge in [-0.15, -0.1) is 11.3 Å². The molecule has 1 aliphatic heterocycles. The number of fused-ring (bicyclic) bond motifs is 1. The lowest BCUT2D eigenvalue weighted by Crippen LogP contribution is -2.47. The van der Waals surface area contributed by atoms with Gasteiger partial charge in [0.05, 0.1) is 5.39 Å². The van der Waals surface area contributed by atoms with E-state index in [4.69, 9.17) is 0 Å². The predicted molar refractivity (Wildman–Crippen MR) is 110 cm³/mol. The van der Waals surface area contributed by atoms with Gasteiger partial charge in [-0.2, -0.15) is 0 Å². The van der Waals surface area contributed by atoms with Crippen molar-refractivity contribution in [2.75, 3.05) is 38.7 Å². The van der Waals surface area contributed by atoms with Crippen LogP contribution in [-0.4, -0.2) is 53.1 Å². The molecule has 136 valence electrons. The Morgan fingerprint density at radius 3 is 2.46 bits per heavy atom. The summed E-state index contributed by atoms with van der Waals surface area (Å²) < 4.78 is 0. The first-order valence-electron chi connectivity index (χ1n) is 9.14. The summed E-state index contributed by atoms with van der Waals surface area (Å²) in [6, 6.07) is 8.87. The number of benzene rings is 1. The number of thiophene rings is 1. The summed E-state index contributed by atoms with van der Waals surface area (Å²) in [5.74, 6) is 1.45. The van der Waals surface area contributed by atoms with E-state index in [0.29, 0.717) is 5.92 Å². The van der Waals surface area contributed by atoms with Crippen LogP contribution in [0.5, 0.6) is 0 Å². The molecule has 0 aliphatic carbocycles. The molecule has 0 atom stereocenters. The van der Waals surface area contributed by atoms with E-state index in [2.05, 4.69) is 75.8 Å². The number of anilines is 1. The largest absolute Gasteiger partial charge is 0.304 e. The molecular formula is C20H25N5S. The van der Waals surface area contributed by atoms with E-state index < -0.39 is 0 Å². The van der Waals surface area contributed by atoms with Crippen LogP contribution in [0.15, 0.2) is 36.0 Å². The second-order valence-corrected chi connectivity index (χ2v) is 8.09. The van der Waals surface area contributed by atoms with E-state index >= 15 is 0 Å². The quantitative estimate of drug-likeness (QED) is 0.753. The van der Waals surface area contributed by atoms with E-state index in [9.17, 15) is 0 Å². The van der Waals surface area contributed by atoms with Crippen molar-refractivity contribution in [3.05, 3.63) is 41.5 Å². The molecule has 0 spiro atoms. The Morgan fingerprint density at radius 2 is 1.77 bits per heavy atom. The molecule has 0 saturated carbocycles. The van der Waals surface area contributed by atoms with Gasteiger partial charge in [0.25, 0.3) is 0 Å². The Balaban J connectivity index is 1.68. The summed E-state index contributed by atoms with van der Waals surface area (Å²) in [4.78, 5) is 12.4. The number of hydrogen-bond donors (Lipinski definition) is 1. The van der Waals surface area contributed by atoms with Crippen molar-refractivity contribution in [2.24, 2.45) is 0 Å². The van der Waals surface area contributed by atoms with E-state index in [0.717, 1.165) is 42.2 Å². The molecule has 1 aromatic carbocycles. The van der Waals surface area contributed by atoms with Gasteiger partial charge < -0.3 is 10.3 Å². The van der Waals surface area contributed by atoms with Crippen LogP contribution in [0.3, 0.4) is 0 Å². The van der Waals surface area contributed by atoms with Crippen LogP contribution >= 0.6 is 11.3 Å². The summed E-state index contributed by atoms with van der Waals surface area (Å²) in [6.07, 6.45) is 1.66. The fourth-order valence-corrected chi connectivity index (χ4v) is 4.20. The summed E-state index contributed by atoms with van der Waals surface area (Å²) in [7, 11) is 2.16. The molecule has 0 amide bonds. The first kappa shape index (κ1) is 17.4. The maximum atomic E-state index is 4.55. The van der Waals surface area contributed by atoms with Crippen LogP contribution in [0.25, 0.3) is 21.3 Å². The Labute approximate surface area is 158 Å². The first-order valence-corrected chi connectivity index (χ1v) is 10.0. The SMILES string of the molecule is CC(C)c1ccc(-c2csc3ncnc(NN4CCN(C)CC4)c23)cc1. The highest BCUT2D eigenvalue weighted by Gasteiger charge is 2.18. The smallest absolute Gasteiger partial charge is 0.153 e. The number of rotatable bonds is 4. The highest BCUT2D eigenvalue weighted by molar-refractivity contribution is 7.17. The molecule has 4 rings (SSSR count). The van der Waals surface area contributed by atoms with Gasteiger partial charge in [-0.25, -0.2) is 15.0 Å². The monoisotopic (exact) mass is 367 g/mol. The molecule has 3 aromatic rings. The van der Waals surface area contributed by atoms with Crippen LogP contribution in [0, 0.1) is 0 Å². The van der Waals surface area contributed by atoms with Crippen molar-refractivity contribution in [3.8, 4) is 11.1 Å². The van der Waals surface area contributed by atoms with Gasteiger partial charge in [0.15, 0.2) is 5.82 Å². The molecule has 0 radical (unpaired) electrons. The molecule has 1 fully saturated rings. The highest BCUT2D eigenvalue weighted by Crippen LogP contribution is 2.37. The molecule has 2 aromatic heterocycles. The zero-order valence-electron chi connectivity index (χ0n) is 15.6. The molecule has 1 saturated heterocycles. The number of likely N-dealkylation sites (N-methyl/N-ethyl adjacent to an activating group) is 1. The predicted octanol–water partition coefficient (Wildman–Crippen LogP) is 4.06. The molecule has 5 nitrogen and oxygen atoms in total. The Morgan fingerprint density at radius 1 is 1.04 bits per heavy atom. The average Bonchev–Trinajstić information content (AvgIpc) is 3.09. The summed E-state index contributed by atoms with van der Waals surface area (Å²) in [5, 5.41) is 5.57. The number of piperazine rings is 1. The summed E-state index contributed by atoms with van der Waals surface area (Å²) >= 11 is 1.68. The zero-order chi connectivity index (χ0) is 18.1. The van der Waals surface area contributed by atoms with Gasteiger partial charge in [0, 0.05) is 37.1 Å². The minimum atomic E-state index is 0.543. The number of nitrogens with one attached hydrogen (secondary N) is 1. The summed E-state index contributed by atoms with van der Waals surface area (Å²) in [5.41, 5.74) is 7.32. The van der Waals surface area contributed by atoms with Crippen LogP contribution in [-0.2, 0) is 0 Å². The third kappa shape index (κ3) is 3.45. The van der Waals surface area contributed by atoms with Crippen molar-refractivity contribution in [1.82, 2.24) is 19.9 Å². The third-order valence-corrected chi connectivity index (χ3v) is 5.91. The molecular weight excluding hydrogens is 342 g/mol. The maximum Gasteiger partial charge on any atom is 0.153 e. The normalized spacial score (nSPS) is 16.5. The Kier molecular flexibility index (Phi) is 4.89. The maximum absolute atomic E-state index is 4.55. The minimum absolute atomic E-state index is 0.543. The van der Waals surface area contributed by atoms with Crippen molar-refractivity contribution in [2.45, 2.75) is 19.8 Å². The summed E-state index contributed by atoms with van der Waals surface area (Å²) in [6.45, 7) is 8.56. The van der Waals surface area contributed by atoms with Gasteiger partial charge >= 0.3 is 0 Å². The van der Waals surface area contributed by atoms with Crippen molar-refractivity contribution >= 4 is 27.4 Å². The Bertz CT molecular complexity index is 879. The van der Waals surface area contributed by atoms with Gasteiger partial charge in [-0.3, -0.25) is 0 Å². The molecule has 0 unspecified atom stereocenters. The van der Waals surface area contributed by atoms with Crippen molar-refractivity contribution in [3.63, 3.8) is 0 Å². The van der Waals surface area contributed by atoms with Crippen molar-refractivity contribution in [1.29, 1.82) is 0 Å². The lowest BCUT2D eigenvalue weighted by molar-refractivity contribution is 0.178. The van der Waals surface area contributed by atoms with E-state index in [1.165, 1.54) is 16.7 Å². The molecule has 6 heteroatoms. The molecule has 1 aliphatic rings. The van der Waals surface area contributed by atoms with Gasteiger partial charge in [-0.1, -0.05) is 38.1 Å². The van der Waals surface area contributed by atoms with Gasteiger partial charge in [-0.05, 0) is 24.1 Å². The first-order chi connectivity index (χ1) is 12.6. The highest BCUT2D eigenvalue weighted by atomic mass is 32.1. The van der Waals surface area contributed by atoms with Crippen LogP contribution in [0.2, 0.25) is 0 Å². The van der Waals surface area contributed by atoms with Gasteiger partial charge in [0.2, 0.25) is 0 Å². The van der Waals surface area contributed by atoms with Crippen LogP contribution in [0.1, 0.15) is 25.3 Å². The second-order valence-electron chi connectivity index (χ2n) is 7.23. The number of aromatic nitrogens is 2. The number of hydrazine groups is 1. The molecule has 26 heavy (non-hydrogen) atoms. The number of nitrogens with zero attached hydrogens (tertiary/aromatic N) is 4. The van der Waals surface area contributed by atoms with Gasteiger partial charge in [0.1, 0.15) is 11.2 Å². The average molecular weight is 368 g/mol. The molecule has 0 bridgehead atoms. The lowest BCUT2D eigenvalue weighted by Gasteiger charge is -2.32. The molecule has 3 heterocycles. The van der Waals surface area contributed by atoms with Crippen LogP contribution in [0.4, 0.5) is 5.82 Å². The van der Waals surface area contributed by atoms with Crippen molar-refractivity contribution < 1.29 is 0 Å². The standard InChI is InChI=1S/C20H25N5S/c1-14(2)15-4-6-16(7-5-15)17-12-26-20-18(17)19(21-13-22-20)23-25-10-8-24(3)9-11-25/h4-7,12-14H,8-11H2,1-3H3,(H,21,22,23). The fraction of sp³-hybridized carbons (Fsp3) is 0.400. The second kappa shape index (κ2) is 7.31. The van der Waals surface area contributed by atoms with E-state index in [-0.39, 0.29) is 0 Å². The third-order valence-electron chi connectivity index (χ3n) is 5.03. The fourth-order valence-electron chi connectivity index (χ4n) is 3.29. The Hall–Kier alpha value is -2.02. The topological polar surface area (TPSA) is 44.3 Å². The number of hydrogen-bond acceptors (Lipinski definition) is 6.